The molecule has 0 atom stereocenters. The van der Waals surface area contributed by atoms with Gasteiger partial charge in [-0.2, -0.15) is 0 Å². The van der Waals surface area contributed by atoms with Crippen LogP contribution in [0.15, 0.2) is 400 Å². The second-order valence-electron chi connectivity index (χ2n) is 32.3. The summed E-state index contributed by atoms with van der Waals surface area (Å²) >= 11 is 0. The highest BCUT2D eigenvalue weighted by atomic mass is 15.2. The first-order chi connectivity index (χ1) is 56.7. The van der Waals surface area contributed by atoms with Gasteiger partial charge in [-0.1, -0.05) is 336 Å². The zero-order chi connectivity index (χ0) is 76.1. The highest BCUT2D eigenvalue weighted by molar-refractivity contribution is 7.00. The van der Waals surface area contributed by atoms with Gasteiger partial charge in [0.15, 0.2) is 0 Å². The van der Waals surface area contributed by atoms with Gasteiger partial charge in [0, 0.05) is 88.7 Å². The normalized spacial score (nSPS) is 12.6. The summed E-state index contributed by atoms with van der Waals surface area (Å²) < 4.78 is 5.19. The van der Waals surface area contributed by atoms with E-state index in [0.29, 0.717) is 0 Å². The zero-order valence-corrected chi connectivity index (χ0v) is 64.0. The Morgan fingerprint density at radius 3 is 0.887 bits per heavy atom. The van der Waals surface area contributed by atoms with E-state index in [2.05, 4.69) is 440 Å². The minimum atomic E-state index is -0.383. The van der Waals surface area contributed by atoms with E-state index in [1.807, 2.05) is 0 Å². The average molecular weight is 1460 g/mol. The Kier molecular flexibility index (Phi) is 15.0. The SMILES string of the molecule is CC(C)(C)c1cc2c3c(c1)N(c1c(-c4ccccc4)cc(-c4ccccc4)cc1-c1ccccc1)c1cc(-n4c5cc6ccccc6cc5c5ccc6ccccc6c54)ccc1B3c1ccc(-n3c4cc5ccccc5cc4c4ccc5ccccc5c43)cc1N2c1c(-c2ccccc2)cc(-c2ccccc2)cc1-c1ccccc1. The second kappa shape index (κ2) is 26.0. The molecule has 0 aliphatic carbocycles. The highest BCUT2D eigenvalue weighted by Crippen LogP contribution is 2.56. The fraction of sp³-hybridized carbons (Fsp3) is 0.0364. The molecule has 115 heavy (non-hydrogen) atoms. The number of hydrogen-bond donors (Lipinski definition) is 0. The van der Waals surface area contributed by atoms with Crippen molar-refractivity contribution >= 4 is 144 Å². The molecule has 0 fully saturated rings. The lowest BCUT2D eigenvalue weighted by Crippen LogP contribution is -2.61. The van der Waals surface area contributed by atoms with Gasteiger partial charge < -0.3 is 18.9 Å². The topological polar surface area (TPSA) is 16.3 Å². The lowest BCUT2D eigenvalue weighted by atomic mass is 9.33. The number of benzene rings is 19. The summed E-state index contributed by atoms with van der Waals surface area (Å²) in [6.45, 7) is 6.91. The number of fused-ring (bicyclic) bond motifs is 16. The third-order valence-corrected chi connectivity index (χ3v) is 24.7. The number of anilines is 6. The molecule has 0 radical (unpaired) electrons. The van der Waals surface area contributed by atoms with E-state index in [1.54, 1.807) is 0 Å². The van der Waals surface area contributed by atoms with E-state index < -0.39 is 0 Å². The van der Waals surface area contributed by atoms with Crippen molar-refractivity contribution in [1.82, 2.24) is 9.13 Å². The number of hydrogen-bond acceptors (Lipinski definition) is 2. The summed E-state index contributed by atoms with van der Waals surface area (Å²) in [7, 11) is 0. The van der Waals surface area contributed by atoms with Gasteiger partial charge >= 0.3 is 0 Å². The Morgan fingerprint density at radius 2 is 0.539 bits per heavy atom. The molecule has 2 aliphatic heterocycles. The van der Waals surface area contributed by atoms with Crippen molar-refractivity contribution in [1.29, 1.82) is 0 Å². The van der Waals surface area contributed by atoms with Crippen molar-refractivity contribution in [2.24, 2.45) is 0 Å². The molecule has 0 unspecified atom stereocenters. The minimum Gasteiger partial charge on any atom is -0.310 e. The Hall–Kier alpha value is -14.5. The van der Waals surface area contributed by atoms with Gasteiger partial charge in [-0.05, 0) is 189 Å². The number of rotatable bonds is 10. The lowest BCUT2D eigenvalue weighted by molar-refractivity contribution is 0.590. The summed E-state index contributed by atoms with van der Waals surface area (Å²) in [4.78, 5) is 5.48. The van der Waals surface area contributed by atoms with Gasteiger partial charge in [0.25, 0.3) is 6.71 Å². The molecule has 5 heteroatoms. The van der Waals surface area contributed by atoms with Crippen molar-refractivity contribution in [3.8, 4) is 78.1 Å². The quantitative estimate of drug-likeness (QED) is 0.127. The molecular formula is C110H75BN4. The summed E-state index contributed by atoms with van der Waals surface area (Å²) in [5, 5.41) is 14.5. The molecule has 19 aromatic carbocycles. The van der Waals surface area contributed by atoms with Crippen molar-refractivity contribution in [3.05, 3.63) is 406 Å². The molecular weight excluding hydrogens is 1390 g/mol. The standard InChI is InChI=1S/C110H75BN4/c1-110(2,3)84-66-103-105-104(67-84)115(109-93(74-38-18-8-19-39-74)62-83(71-32-12-5-13-33-71)63-94(109)75-40-20-9-21-41-75)102-69-86(113-100-65-81-47-25-23-45-79(81)59-96(100)90-55-51-77-43-27-29-49-88(77)107(90)113)53-57-98(102)111(105)97-56-52-85(112-99-64-80-46-24-22-44-78(80)58-95(99)89-54-50-76-42-26-28-48-87(76)106(89)112)68-101(97)114(103)108-91(72-34-14-6-15-35-72)60-82(70-30-10-4-11-31-70)61-92(108)73-36-16-7-17-37-73/h4-69H,1-3H3. The Balaban J connectivity index is 0.908. The molecule has 2 aliphatic rings. The van der Waals surface area contributed by atoms with E-state index in [4.69, 9.17) is 0 Å². The minimum absolute atomic E-state index is 0.307. The van der Waals surface area contributed by atoms with Crippen LogP contribution in [0.5, 0.6) is 0 Å². The van der Waals surface area contributed by atoms with Crippen LogP contribution in [-0.2, 0) is 5.41 Å². The fourth-order valence-corrected chi connectivity index (χ4v) is 19.3. The molecule has 0 saturated carbocycles. The molecule has 4 heterocycles. The largest absolute Gasteiger partial charge is 0.310 e. The van der Waals surface area contributed by atoms with Crippen molar-refractivity contribution < 1.29 is 0 Å². The summed E-state index contributed by atoms with van der Waals surface area (Å²) in [5.41, 5.74) is 31.5. The first-order valence-corrected chi connectivity index (χ1v) is 40.1. The Labute approximate surface area is 668 Å². The van der Waals surface area contributed by atoms with E-state index >= 15 is 0 Å². The maximum Gasteiger partial charge on any atom is 0.252 e. The van der Waals surface area contributed by atoms with Crippen LogP contribution in [0, 0.1) is 0 Å². The summed E-state index contributed by atoms with van der Waals surface area (Å²) in [5.74, 6) is 0. The molecule has 538 valence electrons. The van der Waals surface area contributed by atoms with Crippen LogP contribution in [0.3, 0.4) is 0 Å². The van der Waals surface area contributed by atoms with Crippen LogP contribution in [0.1, 0.15) is 26.3 Å². The van der Waals surface area contributed by atoms with E-state index in [1.165, 1.54) is 97.6 Å². The van der Waals surface area contributed by atoms with Crippen LogP contribution in [0.25, 0.3) is 165 Å². The first kappa shape index (κ1) is 66.3. The fourth-order valence-electron chi connectivity index (χ4n) is 19.3. The zero-order valence-electron chi connectivity index (χ0n) is 64.0. The summed E-state index contributed by atoms with van der Waals surface area (Å²) in [6, 6.07) is 152. The smallest absolute Gasteiger partial charge is 0.252 e. The van der Waals surface area contributed by atoms with Gasteiger partial charge in [0.2, 0.25) is 0 Å². The molecule has 0 bridgehead atoms. The van der Waals surface area contributed by atoms with E-state index in [0.717, 1.165) is 123 Å². The van der Waals surface area contributed by atoms with Crippen molar-refractivity contribution in [2.75, 3.05) is 9.80 Å². The van der Waals surface area contributed by atoms with Crippen molar-refractivity contribution in [3.63, 3.8) is 0 Å². The maximum atomic E-state index is 2.74. The van der Waals surface area contributed by atoms with Crippen LogP contribution in [0.2, 0.25) is 0 Å². The van der Waals surface area contributed by atoms with Gasteiger partial charge in [-0.25, -0.2) is 0 Å². The van der Waals surface area contributed by atoms with Gasteiger partial charge in [-0.15, -0.1) is 0 Å². The highest BCUT2D eigenvalue weighted by Gasteiger charge is 2.47. The molecule has 21 aromatic rings. The number of aromatic nitrogens is 2. The average Bonchev–Trinajstić information content (AvgIpc) is 1.01. The van der Waals surface area contributed by atoms with Crippen molar-refractivity contribution in [2.45, 2.75) is 26.2 Å². The third-order valence-electron chi connectivity index (χ3n) is 24.7. The molecule has 0 saturated heterocycles. The van der Waals surface area contributed by atoms with Crippen LogP contribution in [-0.4, -0.2) is 15.8 Å². The second-order valence-corrected chi connectivity index (χ2v) is 32.3. The predicted molar refractivity (Wildman–Crippen MR) is 490 cm³/mol. The molecule has 2 aromatic heterocycles. The van der Waals surface area contributed by atoms with Gasteiger partial charge in [0.05, 0.1) is 33.4 Å². The first-order valence-electron chi connectivity index (χ1n) is 40.1. The molecule has 4 nitrogen and oxygen atoms in total. The Bertz CT molecular complexity index is 6990. The van der Waals surface area contributed by atoms with Crippen LogP contribution in [0.4, 0.5) is 34.1 Å². The van der Waals surface area contributed by atoms with Crippen LogP contribution < -0.4 is 26.2 Å². The predicted octanol–water partition coefficient (Wildman–Crippen LogP) is 27.9. The third kappa shape index (κ3) is 10.5. The molecule has 23 rings (SSSR count). The van der Waals surface area contributed by atoms with E-state index in [9.17, 15) is 0 Å². The van der Waals surface area contributed by atoms with E-state index in [-0.39, 0.29) is 12.1 Å². The molecule has 0 spiro atoms. The molecule has 0 N–H and O–H groups in total. The summed E-state index contributed by atoms with van der Waals surface area (Å²) in [6.07, 6.45) is 0. The lowest BCUT2D eigenvalue weighted by Gasteiger charge is -2.46. The maximum absolute atomic E-state index is 2.74. The van der Waals surface area contributed by atoms with Crippen LogP contribution >= 0.6 is 0 Å². The van der Waals surface area contributed by atoms with Gasteiger partial charge in [-0.3, -0.25) is 0 Å². The molecule has 0 amide bonds. The van der Waals surface area contributed by atoms with Gasteiger partial charge in [0.1, 0.15) is 0 Å². The monoisotopic (exact) mass is 1460 g/mol. The number of nitrogens with zero attached hydrogens (tertiary/aromatic N) is 4. The Morgan fingerprint density at radius 1 is 0.226 bits per heavy atom.